The molecule has 0 fully saturated rings. The van der Waals surface area contributed by atoms with Gasteiger partial charge in [0.1, 0.15) is 0 Å². The summed E-state index contributed by atoms with van der Waals surface area (Å²) in [4.78, 5) is 16.8. The van der Waals surface area contributed by atoms with Gasteiger partial charge in [0.2, 0.25) is 0 Å². The van der Waals surface area contributed by atoms with Gasteiger partial charge in [-0.15, -0.1) is 11.3 Å². The lowest BCUT2D eigenvalue weighted by Crippen LogP contribution is -2.34. The number of carbonyl (C=O) groups is 1. The predicted molar refractivity (Wildman–Crippen MR) is 120 cm³/mol. The molecule has 8 heteroatoms. The van der Waals surface area contributed by atoms with E-state index in [1.54, 1.807) is 12.1 Å². The molecule has 1 unspecified atom stereocenters. The zero-order chi connectivity index (χ0) is 20.5. The number of rotatable bonds is 3. The number of hydrogen-bond acceptors (Lipinski definition) is 6. The van der Waals surface area contributed by atoms with Crippen molar-refractivity contribution in [2.45, 2.75) is 6.29 Å². The van der Waals surface area contributed by atoms with Crippen LogP contribution in [0.3, 0.4) is 0 Å². The Kier molecular flexibility index (Phi) is 4.78. The zero-order valence-corrected chi connectivity index (χ0v) is 17.1. The Morgan fingerprint density at radius 1 is 0.967 bits per heavy atom. The van der Waals surface area contributed by atoms with Crippen LogP contribution in [0.15, 0.2) is 72.8 Å². The van der Waals surface area contributed by atoms with E-state index in [4.69, 9.17) is 21.7 Å². The molecule has 148 valence electrons. The van der Waals surface area contributed by atoms with Gasteiger partial charge >= 0.3 is 0 Å². The number of hydrogen-bond donors (Lipinski definition) is 2. The van der Waals surface area contributed by atoms with Gasteiger partial charge in [0, 0.05) is 17.3 Å². The zero-order valence-electron chi connectivity index (χ0n) is 15.5. The van der Waals surface area contributed by atoms with Gasteiger partial charge < -0.3 is 14.8 Å². The maximum Gasteiger partial charge on any atom is 0.286 e. The lowest BCUT2D eigenvalue weighted by atomic mass is 10.2. The normalized spacial score (nSPS) is 14.5. The van der Waals surface area contributed by atoms with Crippen molar-refractivity contribution in [1.82, 2.24) is 10.3 Å². The van der Waals surface area contributed by atoms with Crippen molar-refractivity contribution in [3.8, 4) is 11.5 Å². The Bertz CT molecular complexity index is 1220. The van der Waals surface area contributed by atoms with Crippen LogP contribution < -0.4 is 20.1 Å². The second-order valence-corrected chi connectivity index (χ2v) is 7.97. The van der Waals surface area contributed by atoms with Gasteiger partial charge in [0.05, 0.1) is 10.2 Å². The third-order valence-corrected chi connectivity index (χ3v) is 5.70. The molecule has 0 saturated heterocycles. The van der Waals surface area contributed by atoms with Crippen molar-refractivity contribution in [2.24, 2.45) is 0 Å². The highest BCUT2D eigenvalue weighted by atomic mass is 32.1. The summed E-state index contributed by atoms with van der Waals surface area (Å²) in [7, 11) is 0. The highest BCUT2D eigenvalue weighted by Crippen LogP contribution is 2.41. The van der Waals surface area contributed by atoms with E-state index in [1.165, 1.54) is 11.3 Å². The van der Waals surface area contributed by atoms with Crippen LogP contribution in [0.25, 0.3) is 10.2 Å². The van der Waals surface area contributed by atoms with Crippen molar-refractivity contribution >= 4 is 50.5 Å². The third kappa shape index (κ3) is 3.70. The number of thiocarbonyl (C=S) groups is 1. The molecular formula is C22H15N3O3S2. The molecular weight excluding hydrogens is 418 g/mol. The number of benzene rings is 3. The van der Waals surface area contributed by atoms with E-state index in [0.29, 0.717) is 22.2 Å². The standard InChI is InChI=1S/C22H15N3O3S2/c26-19(20-24-15-8-4-5-9-18(15)30-20)25-22(29)23-14-10-11-16-17(12-14)28-21(27-16)13-6-2-1-3-7-13/h1-12,21H,(H2,23,25,26,29). The monoisotopic (exact) mass is 433 g/mol. The average Bonchev–Trinajstić information content (AvgIpc) is 3.38. The van der Waals surface area contributed by atoms with E-state index in [9.17, 15) is 4.79 Å². The van der Waals surface area contributed by atoms with Crippen molar-refractivity contribution in [3.05, 3.63) is 83.4 Å². The van der Waals surface area contributed by atoms with E-state index in [2.05, 4.69) is 15.6 Å². The fourth-order valence-corrected chi connectivity index (χ4v) is 4.14. The first kappa shape index (κ1) is 18.5. The van der Waals surface area contributed by atoms with E-state index < -0.39 is 6.29 Å². The van der Waals surface area contributed by atoms with Crippen molar-refractivity contribution in [3.63, 3.8) is 0 Å². The Balaban J connectivity index is 1.24. The van der Waals surface area contributed by atoms with E-state index in [-0.39, 0.29) is 11.0 Å². The smallest absolute Gasteiger partial charge is 0.286 e. The number of amides is 1. The fraction of sp³-hybridized carbons (Fsp3) is 0.0455. The summed E-state index contributed by atoms with van der Waals surface area (Å²) in [6, 6.07) is 22.7. The summed E-state index contributed by atoms with van der Waals surface area (Å²) in [5.41, 5.74) is 2.40. The lowest BCUT2D eigenvalue weighted by Gasteiger charge is -2.10. The second kappa shape index (κ2) is 7.74. The Morgan fingerprint density at radius 3 is 2.57 bits per heavy atom. The third-order valence-electron chi connectivity index (χ3n) is 4.46. The first-order valence-corrected chi connectivity index (χ1v) is 10.4. The lowest BCUT2D eigenvalue weighted by molar-refractivity contribution is 0.0487. The van der Waals surface area contributed by atoms with Crippen LogP contribution in [0.1, 0.15) is 21.7 Å². The number of aromatic nitrogens is 1. The molecule has 1 aromatic heterocycles. The van der Waals surface area contributed by atoms with Crippen LogP contribution in [-0.4, -0.2) is 16.0 Å². The minimum Gasteiger partial charge on any atom is -0.447 e. The molecule has 0 aliphatic carbocycles. The van der Waals surface area contributed by atoms with Crippen LogP contribution in [0.4, 0.5) is 5.69 Å². The van der Waals surface area contributed by atoms with Gasteiger partial charge in [-0.3, -0.25) is 10.1 Å². The van der Waals surface area contributed by atoms with Gasteiger partial charge in [0.25, 0.3) is 12.2 Å². The predicted octanol–water partition coefficient (Wildman–Crippen LogP) is 4.89. The molecule has 2 N–H and O–H groups in total. The van der Waals surface area contributed by atoms with Crippen LogP contribution in [0.5, 0.6) is 11.5 Å². The Labute approximate surface area is 181 Å². The molecule has 1 aliphatic heterocycles. The Morgan fingerprint density at radius 2 is 1.73 bits per heavy atom. The molecule has 0 spiro atoms. The van der Waals surface area contributed by atoms with Crippen LogP contribution >= 0.6 is 23.6 Å². The molecule has 1 aliphatic rings. The average molecular weight is 434 g/mol. The van der Waals surface area contributed by atoms with Gasteiger partial charge in [-0.25, -0.2) is 4.98 Å². The number of ether oxygens (including phenoxy) is 2. The SMILES string of the molecule is O=C(NC(=S)Nc1ccc2c(c1)OC(c1ccccc1)O2)c1nc2ccccc2s1. The molecule has 5 rings (SSSR count). The van der Waals surface area contributed by atoms with Gasteiger partial charge in [-0.05, 0) is 36.5 Å². The summed E-state index contributed by atoms with van der Waals surface area (Å²) < 4.78 is 12.7. The number of fused-ring (bicyclic) bond motifs is 2. The van der Waals surface area contributed by atoms with E-state index in [0.717, 1.165) is 15.8 Å². The highest BCUT2D eigenvalue weighted by Gasteiger charge is 2.26. The number of nitrogens with one attached hydrogen (secondary N) is 2. The molecule has 3 aromatic carbocycles. The number of carbonyl (C=O) groups excluding carboxylic acids is 1. The van der Waals surface area contributed by atoms with Crippen molar-refractivity contribution in [1.29, 1.82) is 0 Å². The first-order chi connectivity index (χ1) is 14.7. The molecule has 0 bridgehead atoms. The molecule has 1 atom stereocenters. The summed E-state index contributed by atoms with van der Waals surface area (Å²) in [5, 5.41) is 6.20. The number of para-hydroxylation sites is 1. The van der Waals surface area contributed by atoms with Crippen LogP contribution in [-0.2, 0) is 0 Å². The number of thiazole rings is 1. The summed E-state index contributed by atoms with van der Waals surface area (Å²) in [6.07, 6.45) is -0.484. The minimum absolute atomic E-state index is 0.178. The second-order valence-electron chi connectivity index (χ2n) is 6.53. The maximum absolute atomic E-state index is 12.5. The molecule has 1 amide bonds. The Hall–Kier alpha value is -3.49. The first-order valence-electron chi connectivity index (χ1n) is 9.16. The van der Waals surface area contributed by atoms with Crippen LogP contribution in [0, 0.1) is 0 Å². The topological polar surface area (TPSA) is 72.5 Å². The van der Waals surface area contributed by atoms with Gasteiger partial charge in [-0.2, -0.15) is 0 Å². The summed E-state index contributed by atoms with van der Waals surface area (Å²) in [5.74, 6) is 0.909. The quantitative estimate of drug-likeness (QED) is 0.448. The molecule has 6 nitrogen and oxygen atoms in total. The van der Waals surface area contributed by atoms with Gasteiger partial charge in [0.15, 0.2) is 21.6 Å². The van der Waals surface area contributed by atoms with Crippen molar-refractivity contribution in [2.75, 3.05) is 5.32 Å². The minimum atomic E-state index is -0.484. The molecule has 4 aromatic rings. The number of anilines is 1. The largest absolute Gasteiger partial charge is 0.447 e. The molecule has 0 radical (unpaired) electrons. The van der Waals surface area contributed by atoms with Crippen LogP contribution in [0.2, 0.25) is 0 Å². The van der Waals surface area contributed by atoms with E-state index >= 15 is 0 Å². The molecule has 30 heavy (non-hydrogen) atoms. The fourth-order valence-electron chi connectivity index (χ4n) is 3.06. The molecule has 0 saturated carbocycles. The maximum atomic E-state index is 12.5. The summed E-state index contributed by atoms with van der Waals surface area (Å²) >= 11 is 6.60. The van der Waals surface area contributed by atoms with E-state index in [1.807, 2.05) is 60.7 Å². The summed E-state index contributed by atoms with van der Waals surface area (Å²) in [6.45, 7) is 0. The van der Waals surface area contributed by atoms with Crippen molar-refractivity contribution < 1.29 is 14.3 Å². The highest BCUT2D eigenvalue weighted by molar-refractivity contribution is 7.80. The molecule has 2 heterocycles. The number of nitrogens with zero attached hydrogens (tertiary/aromatic N) is 1. The van der Waals surface area contributed by atoms with Gasteiger partial charge in [-0.1, -0.05) is 42.5 Å².